The second-order valence-corrected chi connectivity index (χ2v) is 5.21. The molecule has 2 unspecified atom stereocenters. The van der Waals surface area contributed by atoms with E-state index < -0.39 is 6.10 Å². The van der Waals surface area contributed by atoms with Crippen LogP contribution in [0.5, 0.6) is 5.75 Å². The summed E-state index contributed by atoms with van der Waals surface area (Å²) in [4.78, 5) is 0. The number of nitrogens with zero attached hydrogens (tertiary/aromatic N) is 1. The van der Waals surface area contributed by atoms with Gasteiger partial charge in [-0.05, 0) is 37.4 Å². The van der Waals surface area contributed by atoms with E-state index in [0.29, 0.717) is 23.8 Å². The smallest absolute Gasteiger partial charge is 0.137 e. The van der Waals surface area contributed by atoms with Crippen molar-refractivity contribution in [2.24, 2.45) is 5.92 Å². The number of ether oxygens (including phenoxy) is 1. The molecule has 0 heterocycles. The largest absolute Gasteiger partial charge is 0.489 e. The zero-order chi connectivity index (χ0) is 15.5. The number of para-hydroxylation sites is 1. The highest BCUT2D eigenvalue weighted by Gasteiger charge is 2.07. The molecular formula is C16H24N2O3. The first-order valence-electron chi connectivity index (χ1n) is 7.29. The van der Waals surface area contributed by atoms with Crippen LogP contribution in [0.4, 0.5) is 0 Å². The molecule has 1 aromatic carbocycles. The van der Waals surface area contributed by atoms with Crippen molar-refractivity contribution in [1.82, 2.24) is 5.32 Å². The van der Waals surface area contributed by atoms with Crippen LogP contribution in [-0.2, 0) is 0 Å². The number of nitriles is 1. The van der Waals surface area contributed by atoms with E-state index >= 15 is 0 Å². The van der Waals surface area contributed by atoms with Crippen molar-refractivity contribution in [3.8, 4) is 11.8 Å². The van der Waals surface area contributed by atoms with Crippen molar-refractivity contribution in [2.45, 2.75) is 25.9 Å². The Labute approximate surface area is 126 Å². The van der Waals surface area contributed by atoms with Crippen molar-refractivity contribution in [2.75, 3.05) is 26.3 Å². The number of aliphatic hydroxyl groups is 2. The third-order valence-electron chi connectivity index (χ3n) is 3.18. The molecule has 0 saturated carbocycles. The predicted molar refractivity (Wildman–Crippen MR) is 81.0 cm³/mol. The Bertz CT molecular complexity index is 445. The van der Waals surface area contributed by atoms with E-state index in [1.165, 1.54) is 0 Å². The monoisotopic (exact) mass is 292 g/mol. The topological polar surface area (TPSA) is 85.5 Å². The molecule has 0 aliphatic rings. The molecule has 0 aliphatic carbocycles. The van der Waals surface area contributed by atoms with Crippen LogP contribution in [0.3, 0.4) is 0 Å². The lowest BCUT2D eigenvalue weighted by Crippen LogP contribution is -2.32. The Morgan fingerprint density at radius 1 is 1.38 bits per heavy atom. The van der Waals surface area contributed by atoms with E-state index in [4.69, 9.17) is 15.1 Å². The Hall–Kier alpha value is -1.61. The molecule has 1 rings (SSSR count). The Morgan fingerprint density at radius 2 is 2.14 bits per heavy atom. The molecule has 0 amide bonds. The van der Waals surface area contributed by atoms with E-state index in [1.807, 2.05) is 6.92 Å². The maximum Gasteiger partial charge on any atom is 0.137 e. The second kappa shape index (κ2) is 10.2. The second-order valence-electron chi connectivity index (χ2n) is 5.21. The molecule has 0 aromatic heterocycles. The lowest BCUT2D eigenvalue weighted by atomic mass is 10.1. The van der Waals surface area contributed by atoms with E-state index in [2.05, 4.69) is 11.4 Å². The van der Waals surface area contributed by atoms with Crippen molar-refractivity contribution in [3.63, 3.8) is 0 Å². The summed E-state index contributed by atoms with van der Waals surface area (Å²) in [7, 11) is 0. The van der Waals surface area contributed by atoms with Gasteiger partial charge in [-0.3, -0.25) is 0 Å². The van der Waals surface area contributed by atoms with E-state index in [1.54, 1.807) is 24.3 Å². The molecule has 0 spiro atoms. The maximum atomic E-state index is 9.82. The van der Waals surface area contributed by atoms with Gasteiger partial charge in [0.05, 0.1) is 5.56 Å². The minimum Gasteiger partial charge on any atom is -0.489 e. The minimum absolute atomic E-state index is 0.152. The Balaban J connectivity index is 2.17. The van der Waals surface area contributed by atoms with Gasteiger partial charge in [0.2, 0.25) is 0 Å². The Kier molecular flexibility index (Phi) is 8.44. The summed E-state index contributed by atoms with van der Waals surface area (Å²) < 4.78 is 5.46. The highest BCUT2D eigenvalue weighted by molar-refractivity contribution is 5.42. The zero-order valence-electron chi connectivity index (χ0n) is 12.5. The SMILES string of the molecule is CC(CO)CCCNCC(O)COc1ccccc1C#N. The molecule has 2 atom stereocenters. The summed E-state index contributed by atoms with van der Waals surface area (Å²) in [5, 5.41) is 30.8. The van der Waals surface area contributed by atoms with Crippen molar-refractivity contribution in [3.05, 3.63) is 29.8 Å². The van der Waals surface area contributed by atoms with Gasteiger partial charge in [0.15, 0.2) is 0 Å². The quantitative estimate of drug-likeness (QED) is 0.566. The lowest BCUT2D eigenvalue weighted by molar-refractivity contribution is 0.106. The summed E-state index contributed by atoms with van der Waals surface area (Å²) in [6.07, 6.45) is 1.31. The number of nitrogens with one attached hydrogen (secondary N) is 1. The van der Waals surface area contributed by atoms with Gasteiger partial charge in [-0.25, -0.2) is 0 Å². The average Bonchev–Trinajstić information content (AvgIpc) is 2.52. The molecule has 5 nitrogen and oxygen atoms in total. The van der Waals surface area contributed by atoms with Gasteiger partial charge in [-0.15, -0.1) is 0 Å². The van der Waals surface area contributed by atoms with Crippen LogP contribution in [0.25, 0.3) is 0 Å². The fraction of sp³-hybridized carbons (Fsp3) is 0.562. The van der Waals surface area contributed by atoms with Crippen molar-refractivity contribution >= 4 is 0 Å². The third kappa shape index (κ3) is 7.09. The molecule has 0 aliphatic heterocycles. The minimum atomic E-state index is -0.619. The zero-order valence-corrected chi connectivity index (χ0v) is 12.5. The van der Waals surface area contributed by atoms with Gasteiger partial charge in [-0.2, -0.15) is 5.26 Å². The highest BCUT2D eigenvalue weighted by atomic mass is 16.5. The molecule has 0 fully saturated rings. The molecule has 0 saturated heterocycles. The fourth-order valence-electron chi connectivity index (χ4n) is 1.87. The third-order valence-corrected chi connectivity index (χ3v) is 3.18. The van der Waals surface area contributed by atoms with Gasteiger partial charge in [0.1, 0.15) is 24.5 Å². The number of rotatable bonds is 10. The number of hydrogen-bond acceptors (Lipinski definition) is 5. The van der Waals surface area contributed by atoms with Gasteiger partial charge >= 0.3 is 0 Å². The van der Waals surface area contributed by atoms with E-state index in [9.17, 15) is 5.11 Å². The molecule has 5 heteroatoms. The highest BCUT2D eigenvalue weighted by Crippen LogP contribution is 2.16. The Morgan fingerprint density at radius 3 is 2.86 bits per heavy atom. The normalized spacial score (nSPS) is 13.4. The number of benzene rings is 1. The molecule has 116 valence electrons. The number of aliphatic hydroxyl groups excluding tert-OH is 2. The van der Waals surface area contributed by atoms with Crippen molar-refractivity contribution < 1.29 is 14.9 Å². The average molecular weight is 292 g/mol. The van der Waals surface area contributed by atoms with Crippen LogP contribution in [0.2, 0.25) is 0 Å². The van der Waals surface area contributed by atoms with E-state index in [0.717, 1.165) is 19.4 Å². The fourth-order valence-corrected chi connectivity index (χ4v) is 1.87. The van der Waals surface area contributed by atoms with Crippen LogP contribution in [0, 0.1) is 17.2 Å². The molecular weight excluding hydrogens is 268 g/mol. The van der Waals surface area contributed by atoms with Crippen LogP contribution >= 0.6 is 0 Å². The molecule has 21 heavy (non-hydrogen) atoms. The number of hydrogen-bond donors (Lipinski definition) is 3. The van der Waals surface area contributed by atoms with Gasteiger partial charge in [0.25, 0.3) is 0 Å². The van der Waals surface area contributed by atoms with Crippen molar-refractivity contribution in [1.29, 1.82) is 5.26 Å². The summed E-state index contributed by atoms with van der Waals surface area (Å²) >= 11 is 0. The van der Waals surface area contributed by atoms with Crippen LogP contribution in [-0.4, -0.2) is 42.6 Å². The summed E-state index contributed by atoms with van der Waals surface area (Å²) in [5.41, 5.74) is 0.468. The van der Waals surface area contributed by atoms with Crippen LogP contribution in [0.1, 0.15) is 25.3 Å². The maximum absolute atomic E-state index is 9.82. The molecule has 0 radical (unpaired) electrons. The van der Waals surface area contributed by atoms with Crippen LogP contribution < -0.4 is 10.1 Å². The molecule has 0 bridgehead atoms. The van der Waals surface area contributed by atoms with Gasteiger partial charge in [0, 0.05) is 13.2 Å². The summed E-state index contributed by atoms with van der Waals surface area (Å²) in [6, 6.07) is 9.02. The van der Waals surface area contributed by atoms with Gasteiger partial charge in [-0.1, -0.05) is 19.1 Å². The van der Waals surface area contributed by atoms with E-state index in [-0.39, 0.29) is 13.2 Å². The van der Waals surface area contributed by atoms with Gasteiger partial charge < -0.3 is 20.3 Å². The predicted octanol–water partition coefficient (Wildman–Crippen LogP) is 1.30. The lowest BCUT2D eigenvalue weighted by Gasteiger charge is -2.14. The standard InChI is InChI=1S/C16H24N2O3/c1-13(11-19)5-4-8-18-10-15(20)12-21-16-7-3-2-6-14(16)9-17/h2-3,6-7,13,15,18-20H,4-5,8,10-12H2,1H3. The summed E-state index contributed by atoms with van der Waals surface area (Å²) in [6.45, 7) is 3.63. The molecule has 1 aromatic rings. The van der Waals surface area contributed by atoms with Crippen LogP contribution in [0.15, 0.2) is 24.3 Å². The summed E-state index contributed by atoms with van der Waals surface area (Å²) in [5.74, 6) is 0.818. The first kappa shape index (κ1) is 17.4. The molecule has 3 N–H and O–H groups in total. The first-order chi connectivity index (χ1) is 10.2. The first-order valence-corrected chi connectivity index (χ1v) is 7.29.